The van der Waals surface area contributed by atoms with Gasteiger partial charge in [0.15, 0.2) is 0 Å². The third-order valence-electron chi connectivity index (χ3n) is 7.69. The smallest absolute Gasteiger partial charge is 0.252 e. The van der Waals surface area contributed by atoms with Crippen molar-refractivity contribution in [3.05, 3.63) is 51.9 Å². The Morgan fingerprint density at radius 2 is 1.84 bits per heavy atom. The van der Waals surface area contributed by atoms with E-state index >= 15 is 0 Å². The van der Waals surface area contributed by atoms with Crippen LogP contribution < -0.4 is 21.1 Å². The zero-order valence-electron chi connectivity index (χ0n) is 21.9. The first kappa shape index (κ1) is 25.4. The first-order valence-corrected chi connectivity index (χ1v) is 13.4. The lowest BCUT2D eigenvalue weighted by Gasteiger charge is -2.33. The maximum absolute atomic E-state index is 12.6. The summed E-state index contributed by atoms with van der Waals surface area (Å²) >= 11 is 6.54. The number of carbonyl (C=O) groups is 1. The number of benzene rings is 1. The van der Waals surface area contributed by atoms with Gasteiger partial charge in [-0.15, -0.1) is 0 Å². The number of amides is 1. The molecule has 0 bridgehead atoms. The zero-order valence-corrected chi connectivity index (χ0v) is 22.7. The van der Waals surface area contributed by atoms with Crippen LogP contribution in [0, 0.1) is 11.8 Å². The van der Waals surface area contributed by atoms with Gasteiger partial charge in [-0.1, -0.05) is 11.6 Å². The number of aromatic nitrogens is 2. The van der Waals surface area contributed by atoms with E-state index in [2.05, 4.69) is 33.5 Å². The van der Waals surface area contributed by atoms with Crippen molar-refractivity contribution < 1.29 is 4.79 Å². The summed E-state index contributed by atoms with van der Waals surface area (Å²) in [6.07, 6.45) is 5.75. The van der Waals surface area contributed by atoms with Gasteiger partial charge in [-0.2, -0.15) is 0 Å². The Labute approximate surface area is 222 Å². The van der Waals surface area contributed by atoms with Crippen molar-refractivity contribution in [1.82, 2.24) is 14.5 Å². The van der Waals surface area contributed by atoms with Crippen LogP contribution in [-0.4, -0.2) is 53.6 Å². The normalized spacial score (nSPS) is 17.1. The fraction of sp³-hybridized carbons (Fsp3) is 0.464. The molecule has 0 radical (unpaired) electrons. The highest BCUT2D eigenvalue weighted by molar-refractivity contribution is 6.33. The number of pyridine rings is 2. The molecule has 3 heterocycles. The number of hydrogen-bond donors (Lipinski definition) is 2. The van der Waals surface area contributed by atoms with Crippen LogP contribution >= 0.6 is 11.6 Å². The van der Waals surface area contributed by atoms with Gasteiger partial charge in [0, 0.05) is 75.1 Å². The molecule has 2 aromatic heterocycles. The molecule has 8 nitrogen and oxygen atoms in total. The fourth-order valence-electron chi connectivity index (χ4n) is 5.19. The van der Waals surface area contributed by atoms with Crippen LogP contribution in [0.25, 0.3) is 10.9 Å². The minimum Gasteiger partial charge on any atom is -0.382 e. The number of hydrogen-bond acceptors (Lipinski definition) is 6. The number of fused-ring (bicyclic) bond motifs is 1. The summed E-state index contributed by atoms with van der Waals surface area (Å²) in [6, 6.07) is 9.97. The molecule has 2 fully saturated rings. The molecule has 1 aromatic carbocycles. The number of rotatable bonds is 7. The predicted octanol–water partition coefficient (Wildman–Crippen LogP) is 4.85. The highest BCUT2D eigenvalue weighted by Gasteiger charge is 2.29. The summed E-state index contributed by atoms with van der Waals surface area (Å²) in [7, 11) is 5.42. The molecule has 37 heavy (non-hydrogen) atoms. The van der Waals surface area contributed by atoms with Crippen molar-refractivity contribution in [2.24, 2.45) is 18.9 Å². The number of anilines is 4. The second-order valence-electron chi connectivity index (χ2n) is 10.6. The van der Waals surface area contributed by atoms with E-state index in [1.807, 2.05) is 32.3 Å². The Kier molecular flexibility index (Phi) is 7.03. The second-order valence-corrected chi connectivity index (χ2v) is 11.0. The van der Waals surface area contributed by atoms with E-state index in [-0.39, 0.29) is 17.4 Å². The Bertz CT molecular complexity index is 1380. The lowest BCUT2D eigenvalue weighted by molar-refractivity contribution is -0.133. The van der Waals surface area contributed by atoms with Gasteiger partial charge in [-0.25, -0.2) is 4.98 Å². The maximum atomic E-state index is 12.6. The molecule has 1 saturated carbocycles. The summed E-state index contributed by atoms with van der Waals surface area (Å²) < 4.78 is 1.67. The summed E-state index contributed by atoms with van der Waals surface area (Å²) in [6.45, 7) is 3.73. The topological polar surface area (TPSA) is 82.5 Å². The Morgan fingerprint density at radius 1 is 1.11 bits per heavy atom. The van der Waals surface area contributed by atoms with Gasteiger partial charge in [0.05, 0.1) is 22.4 Å². The highest BCUT2D eigenvalue weighted by atomic mass is 35.5. The third kappa shape index (κ3) is 5.39. The molecule has 196 valence electrons. The molecule has 3 aromatic rings. The molecule has 5 rings (SSSR count). The standard InChI is InChI=1S/C28H35ClN6O2/c1-17(18-5-6-18)31-23-15-27(36)34(4)25-8-7-20(13-21(23)25)32-24-14-26(30-16-22(24)29)35-11-9-19(10-12-35)28(37)33(2)3/h7-8,13-19,31H,5-6,9-12H2,1-4H3,(H,30,32). The third-order valence-corrected chi connectivity index (χ3v) is 7.99. The first-order valence-electron chi connectivity index (χ1n) is 13.0. The first-order chi connectivity index (χ1) is 17.7. The summed E-state index contributed by atoms with van der Waals surface area (Å²) in [5.74, 6) is 1.77. The predicted molar refractivity (Wildman–Crippen MR) is 151 cm³/mol. The molecule has 1 aliphatic carbocycles. The number of carbonyl (C=O) groups excluding carboxylic acids is 1. The molecule has 2 aliphatic rings. The van der Waals surface area contributed by atoms with Crippen molar-refractivity contribution in [2.75, 3.05) is 42.7 Å². The molecular formula is C28H35ClN6O2. The van der Waals surface area contributed by atoms with E-state index in [0.29, 0.717) is 17.0 Å². The average Bonchev–Trinajstić information content (AvgIpc) is 3.74. The Hall–Kier alpha value is -3.26. The quantitative estimate of drug-likeness (QED) is 0.462. The Balaban J connectivity index is 1.38. The summed E-state index contributed by atoms with van der Waals surface area (Å²) in [5.41, 5.74) is 3.35. The fourth-order valence-corrected chi connectivity index (χ4v) is 5.34. The summed E-state index contributed by atoms with van der Waals surface area (Å²) in [4.78, 5) is 33.4. The molecule has 2 N–H and O–H groups in total. The van der Waals surface area contributed by atoms with E-state index in [9.17, 15) is 9.59 Å². The molecular weight excluding hydrogens is 488 g/mol. The van der Waals surface area contributed by atoms with Crippen LogP contribution in [0.2, 0.25) is 5.02 Å². The van der Waals surface area contributed by atoms with Gasteiger partial charge < -0.3 is 25.0 Å². The highest BCUT2D eigenvalue weighted by Crippen LogP contribution is 2.36. The van der Waals surface area contributed by atoms with Gasteiger partial charge in [0.2, 0.25) is 5.91 Å². The van der Waals surface area contributed by atoms with E-state index < -0.39 is 0 Å². The number of nitrogens with one attached hydrogen (secondary N) is 2. The minimum absolute atomic E-state index is 0.0309. The monoisotopic (exact) mass is 522 g/mol. The Morgan fingerprint density at radius 3 is 2.51 bits per heavy atom. The minimum atomic E-state index is -0.0309. The van der Waals surface area contributed by atoms with Crippen LogP contribution in [0.5, 0.6) is 0 Å². The number of piperidine rings is 1. The van der Waals surface area contributed by atoms with Gasteiger partial charge in [0.25, 0.3) is 5.56 Å². The van der Waals surface area contributed by atoms with Crippen LogP contribution in [0.1, 0.15) is 32.6 Å². The van der Waals surface area contributed by atoms with E-state index in [1.54, 1.807) is 28.8 Å². The van der Waals surface area contributed by atoms with Crippen LogP contribution in [0.3, 0.4) is 0 Å². The van der Waals surface area contributed by atoms with Crippen LogP contribution in [0.4, 0.5) is 22.9 Å². The average molecular weight is 523 g/mol. The van der Waals surface area contributed by atoms with Crippen molar-refractivity contribution in [2.45, 2.75) is 38.6 Å². The molecule has 9 heteroatoms. The lowest BCUT2D eigenvalue weighted by atomic mass is 9.95. The van der Waals surface area contributed by atoms with E-state index in [0.717, 1.165) is 59.7 Å². The number of halogens is 1. The largest absolute Gasteiger partial charge is 0.382 e. The molecule has 1 unspecified atom stereocenters. The SMILES string of the molecule is CC(Nc1cc(=O)n(C)c2ccc(Nc3cc(N4CCC(C(=O)N(C)C)CC4)ncc3Cl)cc12)C1CC1. The van der Waals surface area contributed by atoms with Crippen LogP contribution in [-0.2, 0) is 11.8 Å². The molecule has 0 spiro atoms. The van der Waals surface area contributed by atoms with Crippen molar-refractivity contribution in [3.63, 3.8) is 0 Å². The van der Waals surface area contributed by atoms with Gasteiger partial charge in [-0.3, -0.25) is 9.59 Å². The maximum Gasteiger partial charge on any atom is 0.252 e. The molecule has 1 saturated heterocycles. The van der Waals surface area contributed by atoms with Crippen molar-refractivity contribution in [3.8, 4) is 0 Å². The van der Waals surface area contributed by atoms with Crippen molar-refractivity contribution in [1.29, 1.82) is 0 Å². The molecule has 1 amide bonds. The van der Waals surface area contributed by atoms with Gasteiger partial charge in [-0.05, 0) is 56.7 Å². The van der Waals surface area contributed by atoms with Gasteiger partial charge in [0.1, 0.15) is 5.82 Å². The zero-order chi connectivity index (χ0) is 26.3. The van der Waals surface area contributed by atoms with Crippen molar-refractivity contribution >= 4 is 51.3 Å². The second kappa shape index (κ2) is 10.2. The van der Waals surface area contributed by atoms with Crippen LogP contribution in [0.15, 0.2) is 41.3 Å². The molecule has 1 atom stereocenters. The lowest BCUT2D eigenvalue weighted by Crippen LogP contribution is -2.40. The molecule has 1 aliphatic heterocycles. The van der Waals surface area contributed by atoms with E-state index in [4.69, 9.17) is 11.6 Å². The van der Waals surface area contributed by atoms with E-state index in [1.165, 1.54) is 12.8 Å². The number of aryl methyl sites for hydroxylation is 1. The number of nitrogens with zero attached hydrogens (tertiary/aromatic N) is 4. The summed E-state index contributed by atoms with van der Waals surface area (Å²) in [5, 5.41) is 8.55. The van der Waals surface area contributed by atoms with Gasteiger partial charge >= 0.3 is 0 Å².